The normalized spacial score (nSPS) is 16.0. The van der Waals surface area contributed by atoms with Crippen LogP contribution < -0.4 is 5.56 Å². The zero-order valence-corrected chi connectivity index (χ0v) is 13.7. The number of aromatic nitrogens is 2. The molecule has 0 unspecified atom stereocenters. The standard InChI is InChI=1S/C17H22N4O2/c1-3-19-8-10-20(11-9-19)16(22)12-21-15-7-5-4-6-14(15)18-13(2)17(21)23/h4-7H,3,8-12H2,1-2H3. The van der Waals surface area contributed by atoms with Gasteiger partial charge in [-0.2, -0.15) is 0 Å². The van der Waals surface area contributed by atoms with Crippen molar-refractivity contribution in [1.82, 2.24) is 19.4 Å². The molecule has 0 saturated carbocycles. The average Bonchev–Trinajstić information content (AvgIpc) is 2.59. The summed E-state index contributed by atoms with van der Waals surface area (Å²) in [4.78, 5) is 33.5. The van der Waals surface area contributed by atoms with E-state index in [-0.39, 0.29) is 18.0 Å². The highest BCUT2D eigenvalue weighted by Crippen LogP contribution is 2.11. The van der Waals surface area contributed by atoms with Crippen molar-refractivity contribution < 1.29 is 4.79 Å². The van der Waals surface area contributed by atoms with Gasteiger partial charge in [0.1, 0.15) is 12.2 Å². The minimum atomic E-state index is -0.191. The van der Waals surface area contributed by atoms with Gasteiger partial charge in [-0.05, 0) is 25.6 Å². The van der Waals surface area contributed by atoms with Crippen LogP contribution in [0.2, 0.25) is 0 Å². The molecule has 2 aromatic rings. The second kappa shape index (κ2) is 6.50. The molecule has 0 radical (unpaired) electrons. The summed E-state index contributed by atoms with van der Waals surface area (Å²) < 4.78 is 1.55. The minimum Gasteiger partial charge on any atom is -0.339 e. The molecule has 1 aromatic carbocycles. The molecule has 1 saturated heterocycles. The Kier molecular flexibility index (Phi) is 4.43. The van der Waals surface area contributed by atoms with E-state index in [4.69, 9.17) is 0 Å². The van der Waals surface area contributed by atoms with Crippen molar-refractivity contribution in [3.63, 3.8) is 0 Å². The smallest absolute Gasteiger partial charge is 0.272 e. The second-order valence-corrected chi connectivity index (χ2v) is 5.89. The molecule has 2 heterocycles. The Hall–Kier alpha value is -2.21. The van der Waals surface area contributed by atoms with Gasteiger partial charge in [-0.3, -0.25) is 14.2 Å². The molecule has 1 aliphatic heterocycles. The fourth-order valence-electron chi connectivity index (χ4n) is 3.03. The van der Waals surface area contributed by atoms with E-state index in [1.807, 2.05) is 29.2 Å². The van der Waals surface area contributed by atoms with Gasteiger partial charge in [-0.15, -0.1) is 0 Å². The summed E-state index contributed by atoms with van der Waals surface area (Å²) in [7, 11) is 0. The zero-order valence-electron chi connectivity index (χ0n) is 13.7. The van der Waals surface area contributed by atoms with Gasteiger partial charge >= 0.3 is 0 Å². The minimum absolute atomic E-state index is 0.00129. The molecule has 0 atom stereocenters. The van der Waals surface area contributed by atoms with Gasteiger partial charge in [0.2, 0.25) is 5.91 Å². The fourth-order valence-corrected chi connectivity index (χ4v) is 3.03. The number of hydrogen-bond acceptors (Lipinski definition) is 4. The van der Waals surface area contributed by atoms with Gasteiger partial charge in [-0.25, -0.2) is 4.98 Å². The largest absolute Gasteiger partial charge is 0.339 e. The van der Waals surface area contributed by atoms with E-state index < -0.39 is 0 Å². The van der Waals surface area contributed by atoms with Crippen molar-refractivity contribution in [2.45, 2.75) is 20.4 Å². The molecular weight excluding hydrogens is 292 g/mol. The lowest BCUT2D eigenvalue weighted by Gasteiger charge is -2.34. The van der Waals surface area contributed by atoms with Crippen molar-refractivity contribution in [3.05, 3.63) is 40.3 Å². The number of benzene rings is 1. The maximum absolute atomic E-state index is 12.6. The Morgan fingerprint density at radius 1 is 1.17 bits per heavy atom. The number of likely N-dealkylation sites (N-methyl/N-ethyl adjacent to an activating group) is 1. The molecule has 6 nitrogen and oxygen atoms in total. The van der Waals surface area contributed by atoms with Crippen molar-refractivity contribution in [1.29, 1.82) is 0 Å². The summed E-state index contributed by atoms with van der Waals surface area (Å²) in [6, 6.07) is 7.45. The number of fused-ring (bicyclic) bond motifs is 1. The van der Waals surface area contributed by atoms with Crippen LogP contribution in [0.4, 0.5) is 0 Å². The summed E-state index contributed by atoms with van der Waals surface area (Å²) in [5, 5.41) is 0. The Morgan fingerprint density at radius 3 is 2.57 bits per heavy atom. The van der Waals surface area contributed by atoms with Crippen molar-refractivity contribution in [2.75, 3.05) is 32.7 Å². The Morgan fingerprint density at radius 2 is 1.87 bits per heavy atom. The van der Waals surface area contributed by atoms with Gasteiger partial charge in [0, 0.05) is 26.2 Å². The molecule has 1 aliphatic rings. The molecule has 0 spiro atoms. The number of carbonyl (C=O) groups is 1. The Bertz CT molecular complexity index is 776. The number of aryl methyl sites for hydroxylation is 1. The quantitative estimate of drug-likeness (QED) is 0.843. The van der Waals surface area contributed by atoms with E-state index in [0.717, 1.165) is 38.2 Å². The summed E-state index contributed by atoms with van der Waals surface area (Å²) >= 11 is 0. The van der Waals surface area contributed by atoms with Gasteiger partial charge in [0.05, 0.1) is 11.0 Å². The number of carbonyl (C=O) groups excluding carboxylic acids is 1. The lowest BCUT2D eigenvalue weighted by Crippen LogP contribution is -2.49. The van der Waals surface area contributed by atoms with Crippen LogP contribution in [0.25, 0.3) is 11.0 Å². The van der Waals surface area contributed by atoms with Crippen molar-refractivity contribution in [2.24, 2.45) is 0 Å². The number of hydrogen-bond donors (Lipinski definition) is 0. The highest BCUT2D eigenvalue weighted by atomic mass is 16.2. The maximum Gasteiger partial charge on any atom is 0.272 e. The maximum atomic E-state index is 12.6. The van der Waals surface area contributed by atoms with E-state index in [2.05, 4.69) is 16.8 Å². The third-order valence-electron chi connectivity index (χ3n) is 4.48. The molecule has 6 heteroatoms. The molecule has 1 amide bonds. The van der Waals surface area contributed by atoms with Crippen LogP contribution >= 0.6 is 0 Å². The molecule has 122 valence electrons. The van der Waals surface area contributed by atoms with Crippen LogP contribution in [0.3, 0.4) is 0 Å². The molecule has 3 rings (SSSR count). The van der Waals surface area contributed by atoms with E-state index in [9.17, 15) is 9.59 Å². The predicted octanol–water partition coefficient (Wildman–Crippen LogP) is 0.869. The highest BCUT2D eigenvalue weighted by Gasteiger charge is 2.21. The summed E-state index contributed by atoms with van der Waals surface area (Å²) in [6.45, 7) is 8.15. The summed E-state index contributed by atoms with van der Waals surface area (Å²) in [5.74, 6) is -0.00129. The first-order valence-electron chi connectivity index (χ1n) is 8.06. The zero-order chi connectivity index (χ0) is 16.4. The number of para-hydroxylation sites is 2. The number of rotatable bonds is 3. The van der Waals surface area contributed by atoms with Gasteiger partial charge in [0.15, 0.2) is 0 Å². The van der Waals surface area contributed by atoms with E-state index in [0.29, 0.717) is 11.2 Å². The molecule has 0 N–H and O–H groups in total. The number of amides is 1. The highest BCUT2D eigenvalue weighted by molar-refractivity contribution is 5.80. The number of piperazine rings is 1. The monoisotopic (exact) mass is 314 g/mol. The molecule has 23 heavy (non-hydrogen) atoms. The van der Waals surface area contributed by atoms with E-state index in [1.165, 1.54) is 0 Å². The van der Waals surface area contributed by atoms with E-state index >= 15 is 0 Å². The predicted molar refractivity (Wildman–Crippen MR) is 89.4 cm³/mol. The van der Waals surface area contributed by atoms with Gasteiger partial charge in [-0.1, -0.05) is 19.1 Å². The topological polar surface area (TPSA) is 58.4 Å². The van der Waals surface area contributed by atoms with Crippen LogP contribution in [-0.2, 0) is 11.3 Å². The van der Waals surface area contributed by atoms with Crippen LogP contribution in [0.15, 0.2) is 29.1 Å². The van der Waals surface area contributed by atoms with Crippen LogP contribution in [-0.4, -0.2) is 58.0 Å². The molecule has 0 bridgehead atoms. The Labute approximate surface area is 135 Å². The molecule has 0 aliphatic carbocycles. The van der Waals surface area contributed by atoms with E-state index in [1.54, 1.807) is 11.5 Å². The molecule has 1 fully saturated rings. The average molecular weight is 314 g/mol. The fraction of sp³-hybridized carbons (Fsp3) is 0.471. The van der Waals surface area contributed by atoms with Gasteiger partial charge < -0.3 is 9.80 Å². The summed E-state index contributed by atoms with van der Waals surface area (Å²) in [5.41, 5.74) is 1.69. The number of nitrogens with zero attached hydrogens (tertiary/aromatic N) is 4. The van der Waals surface area contributed by atoms with Crippen LogP contribution in [0, 0.1) is 6.92 Å². The Balaban J connectivity index is 1.85. The van der Waals surface area contributed by atoms with Crippen molar-refractivity contribution in [3.8, 4) is 0 Å². The van der Waals surface area contributed by atoms with Crippen molar-refractivity contribution >= 4 is 16.9 Å². The first-order valence-corrected chi connectivity index (χ1v) is 8.06. The van der Waals surface area contributed by atoms with Crippen LogP contribution in [0.5, 0.6) is 0 Å². The molecular formula is C17H22N4O2. The lowest BCUT2D eigenvalue weighted by molar-refractivity contribution is -0.133. The first-order chi connectivity index (χ1) is 11.1. The van der Waals surface area contributed by atoms with Gasteiger partial charge in [0.25, 0.3) is 5.56 Å². The SMILES string of the molecule is CCN1CCN(C(=O)Cn2c(=O)c(C)nc3ccccc32)CC1. The second-order valence-electron chi connectivity index (χ2n) is 5.89. The first kappa shape index (κ1) is 15.7. The third-order valence-corrected chi connectivity index (χ3v) is 4.48. The third kappa shape index (κ3) is 3.12. The summed E-state index contributed by atoms with van der Waals surface area (Å²) in [6.07, 6.45) is 0. The lowest BCUT2D eigenvalue weighted by atomic mass is 10.2. The molecule has 1 aromatic heterocycles. The van der Waals surface area contributed by atoms with Crippen LogP contribution in [0.1, 0.15) is 12.6 Å².